The molecule has 4 atom stereocenters. The van der Waals surface area contributed by atoms with Crippen LogP contribution in [0.25, 0.3) is 0 Å². The van der Waals surface area contributed by atoms with Gasteiger partial charge in [-0.2, -0.15) is 0 Å². The highest BCUT2D eigenvalue weighted by Crippen LogP contribution is 2.58. The second-order valence-electron chi connectivity index (χ2n) is 7.21. The Kier molecular flexibility index (Phi) is 3.06. The predicted molar refractivity (Wildman–Crippen MR) is 94.8 cm³/mol. The summed E-state index contributed by atoms with van der Waals surface area (Å²) in [5, 5.41) is 25.3. The van der Waals surface area contributed by atoms with Crippen LogP contribution in [0, 0.1) is 11.8 Å². The SMILES string of the molecule is O=C1NC2c3c1cccc3C1(C(=O)Nc3ccccc31)C(C(=O)O)C2C(=O)O. The second-order valence-corrected chi connectivity index (χ2v) is 7.21. The fourth-order valence-corrected chi connectivity index (χ4v) is 5.11. The van der Waals surface area contributed by atoms with Crippen LogP contribution < -0.4 is 10.6 Å². The zero-order valence-electron chi connectivity index (χ0n) is 14.3. The Morgan fingerprint density at radius 2 is 1.64 bits per heavy atom. The van der Waals surface area contributed by atoms with Gasteiger partial charge in [0.15, 0.2) is 0 Å². The Balaban J connectivity index is 1.95. The highest BCUT2D eigenvalue weighted by molar-refractivity contribution is 6.13. The van der Waals surface area contributed by atoms with E-state index in [1.165, 1.54) is 0 Å². The molecule has 1 spiro atoms. The molecule has 5 rings (SSSR count). The molecule has 4 N–H and O–H groups in total. The van der Waals surface area contributed by atoms with Gasteiger partial charge in [-0.15, -0.1) is 0 Å². The lowest BCUT2D eigenvalue weighted by atomic mass is 9.55. The van der Waals surface area contributed by atoms with Crippen molar-refractivity contribution >= 4 is 29.4 Å². The number of benzene rings is 2. The molecule has 0 saturated carbocycles. The third-order valence-electron chi connectivity index (χ3n) is 6.07. The van der Waals surface area contributed by atoms with Crippen molar-refractivity contribution in [3.05, 3.63) is 64.7 Å². The van der Waals surface area contributed by atoms with Crippen molar-refractivity contribution in [2.75, 3.05) is 5.32 Å². The Morgan fingerprint density at radius 3 is 2.36 bits per heavy atom. The Bertz CT molecular complexity index is 1110. The van der Waals surface area contributed by atoms with Crippen molar-refractivity contribution < 1.29 is 29.4 Å². The number of carbonyl (C=O) groups excluding carboxylic acids is 2. The fraction of sp³-hybridized carbons (Fsp3) is 0.200. The number of aliphatic carboxylic acids is 2. The van der Waals surface area contributed by atoms with Gasteiger partial charge in [0.1, 0.15) is 5.41 Å². The maximum atomic E-state index is 13.3. The van der Waals surface area contributed by atoms with Gasteiger partial charge in [0, 0.05) is 11.3 Å². The second kappa shape index (κ2) is 5.19. The quantitative estimate of drug-likeness (QED) is 0.619. The molecule has 2 heterocycles. The number of fused-ring (bicyclic) bond motifs is 3. The number of carboxylic acid groups (broad SMARTS) is 2. The highest BCUT2D eigenvalue weighted by atomic mass is 16.4. The molecule has 140 valence electrons. The van der Waals surface area contributed by atoms with E-state index in [4.69, 9.17) is 0 Å². The summed E-state index contributed by atoms with van der Waals surface area (Å²) < 4.78 is 0. The van der Waals surface area contributed by atoms with E-state index < -0.39 is 47.0 Å². The molecule has 2 aromatic rings. The summed E-state index contributed by atoms with van der Waals surface area (Å²) in [6.45, 7) is 0. The molecule has 8 nitrogen and oxygen atoms in total. The molecule has 0 fully saturated rings. The van der Waals surface area contributed by atoms with Crippen LogP contribution in [0.5, 0.6) is 0 Å². The van der Waals surface area contributed by atoms with Crippen LogP contribution in [-0.2, 0) is 19.8 Å². The minimum atomic E-state index is -1.74. The summed E-state index contributed by atoms with van der Waals surface area (Å²) in [6.07, 6.45) is 0. The van der Waals surface area contributed by atoms with Crippen molar-refractivity contribution in [2.24, 2.45) is 11.8 Å². The van der Waals surface area contributed by atoms with Gasteiger partial charge < -0.3 is 20.8 Å². The lowest BCUT2D eigenvalue weighted by Gasteiger charge is -2.44. The Labute approximate surface area is 158 Å². The van der Waals surface area contributed by atoms with Gasteiger partial charge in [-0.05, 0) is 28.8 Å². The maximum Gasteiger partial charge on any atom is 0.309 e. The summed E-state index contributed by atoms with van der Waals surface area (Å²) >= 11 is 0. The molecular weight excluding hydrogens is 364 g/mol. The molecule has 28 heavy (non-hydrogen) atoms. The van der Waals surface area contributed by atoms with E-state index >= 15 is 0 Å². The Morgan fingerprint density at radius 1 is 0.929 bits per heavy atom. The lowest BCUT2D eigenvalue weighted by Crippen LogP contribution is -2.57. The van der Waals surface area contributed by atoms with Gasteiger partial charge in [-0.1, -0.05) is 30.3 Å². The monoisotopic (exact) mass is 378 g/mol. The van der Waals surface area contributed by atoms with Crippen LogP contribution in [0.3, 0.4) is 0 Å². The summed E-state index contributed by atoms with van der Waals surface area (Å²) in [4.78, 5) is 50.3. The molecule has 2 amide bonds. The first-order valence-corrected chi connectivity index (χ1v) is 8.70. The number of carboxylic acids is 2. The van der Waals surface area contributed by atoms with E-state index in [1.807, 2.05) is 0 Å². The number of hydrogen-bond acceptors (Lipinski definition) is 4. The zero-order valence-corrected chi connectivity index (χ0v) is 14.3. The van der Waals surface area contributed by atoms with Crippen molar-refractivity contribution in [3.63, 3.8) is 0 Å². The molecule has 2 aliphatic heterocycles. The minimum Gasteiger partial charge on any atom is -0.481 e. The Hall–Kier alpha value is -3.68. The third-order valence-corrected chi connectivity index (χ3v) is 6.07. The van der Waals surface area contributed by atoms with E-state index in [0.717, 1.165) is 0 Å². The van der Waals surface area contributed by atoms with E-state index in [-0.39, 0.29) is 5.56 Å². The molecule has 0 aromatic heterocycles. The average molecular weight is 378 g/mol. The van der Waals surface area contributed by atoms with Crippen molar-refractivity contribution in [3.8, 4) is 0 Å². The standard InChI is InChI=1S/C20H14N2O6/c23-16-8-4-3-6-10-12(8)15(22-16)13(17(24)25)14(18(26)27)20(10)9-5-1-2-7-11(9)21-19(20)28/h1-7,13-15H,(H,21,28)(H,22,23)(H,24,25)(H,26,27). The lowest BCUT2D eigenvalue weighted by molar-refractivity contribution is -0.160. The first-order valence-electron chi connectivity index (χ1n) is 8.70. The fourth-order valence-electron chi connectivity index (χ4n) is 5.11. The number of nitrogens with one attached hydrogen (secondary N) is 2. The van der Waals surface area contributed by atoms with Gasteiger partial charge in [0.05, 0.1) is 17.9 Å². The summed E-state index contributed by atoms with van der Waals surface area (Å²) in [5.41, 5.74) is 0.139. The van der Waals surface area contributed by atoms with Gasteiger partial charge in [0.2, 0.25) is 5.91 Å². The molecular formula is C20H14N2O6. The molecule has 2 aromatic carbocycles. The van der Waals surface area contributed by atoms with Crippen molar-refractivity contribution in [1.29, 1.82) is 0 Å². The number of hydrogen-bond donors (Lipinski definition) is 4. The average Bonchev–Trinajstić information content (AvgIpc) is 3.14. The molecule has 3 aliphatic rings. The minimum absolute atomic E-state index is 0.272. The maximum absolute atomic E-state index is 13.3. The summed E-state index contributed by atoms with van der Waals surface area (Å²) in [6, 6.07) is 10.4. The third kappa shape index (κ3) is 1.70. The topological polar surface area (TPSA) is 133 Å². The zero-order chi connectivity index (χ0) is 19.8. The van der Waals surface area contributed by atoms with Crippen LogP contribution in [0.1, 0.15) is 33.1 Å². The number of para-hydroxylation sites is 1. The first kappa shape index (κ1) is 16.5. The van der Waals surface area contributed by atoms with Gasteiger partial charge >= 0.3 is 11.9 Å². The van der Waals surface area contributed by atoms with Crippen LogP contribution in [0.4, 0.5) is 5.69 Å². The van der Waals surface area contributed by atoms with Crippen LogP contribution in [0.15, 0.2) is 42.5 Å². The number of anilines is 1. The molecule has 0 bridgehead atoms. The van der Waals surface area contributed by atoms with Gasteiger partial charge in [-0.25, -0.2) is 0 Å². The first-order chi connectivity index (χ1) is 13.4. The van der Waals surface area contributed by atoms with Crippen LogP contribution in [0.2, 0.25) is 0 Å². The van der Waals surface area contributed by atoms with Crippen molar-refractivity contribution in [2.45, 2.75) is 11.5 Å². The van der Waals surface area contributed by atoms with Crippen molar-refractivity contribution in [1.82, 2.24) is 5.32 Å². The number of amides is 2. The largest absolute Gasteiger partial charge is 0.481 e. The van der Waals surface area contributed by atoms with Crippen LogP contribution >= 0.6 is 0 Å². The van der Waals surface area contributed by atoms with Gasteiger partial charge in [-0.3, -0.25) is 19.2 Å². The van der Waals surface area contributed by atoms with E-state index in [9.17, 15) is 29.4 Å². The summed E-state index contributed by atoms with van der Waals surface area (Å²) in [5.74, 6) is -6.96. The number of carbonyl (C=O) groups is 4. The van der Waals surface area contributed by atoms with E-state index in [0.29, 0.717) is 22.4 Å². The predicted octanol–water partition coefficient (Wildman–Crippen LogP) is 1.12. The normalized spacial score (nSPS) is 29.1. The molecule has 4 unspecified atom stereocenters. The van der Waals surface area contributed by atoms with Crippen LogP contribution in [-0.4, -0.2) is 34.0 Å². The smallest absolute Gasteiger partial charge is 0.309 e. The molecule has 8 heteroatoms. The van der Waals surface area contributed by atoms with E-state index in [2.05, 4.69) is 10.6 Å². The highest BCUT2D eigenvalue weighted by Gasteiger charge is 2.66. The molecule has 0 radical (unpaired) electrons. The summed E-state index contributed by atoms with van der Waals surface area (Å²) in [7, 11) is 0. The van der Waals surface area contributed by atoms with E-state index in [1.54, 1.807) is 42.5 Å². The van der Waals surface area contributed by atoms with Gasteiger partial charge in [0.25, 0.3) is 5.91 Å². The molecule has 1 aliphatic carbocycles. The molecule has 0 saturated heterocycles. The number of rotatable bonds is 2.